The molecule has 2 N–H and O–H groups in total. The van der Waals surface area contributed by atoms with Gasteiger partial charge in [0.15, 0.2) is 0 Å². The molecule has 0 spiro atoms. The maximum atomic E-state index is 8.89. The zero-order chi connectivity index (χ0) is 10.6. The second-order valence-corrected chi connectivity index (χ2v) is 3.96. The van der Waals surface area contributed by atoms with Gasteiger partial charge in [-0.05, 0) is 31.5 Å². The van der Waals surface area contributed by atoms with Crippen LogP contribution in [0, 0.1) is 0 Å². The van der Waals surface area contributed by atoms with Crippen molar-refractivity contribution in [2.24, 2.45) is 0 Å². The van der Waals surface area contributed by atoms with Crippen LogP contribution >= 0.6 is 11.6 Å². The summed E-state index contributed by atoms with van der Waals surface area (Å²) in [5.74, 6) is 0. The van der Waals surface area contributed by atoms with Gasteiger partial charge in [-0.3, -0.25) is 0 Å². The van der Waals surface area contributed by atoms with E-state index in [1.54, 1.807) is 0 Å². The van der Waals surface area contributed by atoms with Crippen LogP contribution in [0.3, 0.4) is 0 Å². The molecule has 14 heavy (non-hydrogen) atoms. The minimum absolute atomic E-state index is 0.112. The van der Waals surface area contributed by atoms with Crippen molar-refractivity contribution in [3.63, 3.8) is 0 Å². The topological polar surface area (TPSA) is 32.3 Å². The molecule has 1 aromatic carbocycles. The van der Waals surface area contributed by atoms with Gasteiger partial charge in [0.05, 0.1) is 6.61 Å². The zero-order valence-electron chi connectivity index (χ0n) is 8.50. The van der Waals surface area contributed by atoms with E-state index in [0.29, 0.717) is 0 Å². The van der Waals surface area contributed by atoms with E-state index in [2.05, 4.69) is 12.2 Å². The molecule has 1 rings (SSSR count). The molecule has 0 saturated heterocycles. The highest BCUT2D eigenvalue weighted by Gasteiger charge is 2.07. The molecule has 0 aliphatic rings. The van der Waals surface area contributed by atoms with Crippen LogP contribution in [0.25, 0.3) is 0 Å². The van der Waals surface area contributed by atoms with Gasteiger partial charge in [-0.2, -0.15) is 0 Å². The standard InChI is InChI=1S/C11H16ClNO/c1-8(7-14)13-9(2)10-3-5-11(12)6-4-10/h3-6,8-9,13-14H,7H2,1-2H3/t8-,9+/m0/s1. The number of hydrogen-bond acceptors (Lipinski definition) is 2. The van der Waals surface area contributed by atoms with Gasteiger partial charge in [0.2, 0.25) is 0 Å². The molecule has 2 nitrogen and oxygen atoms in total. The Morgan fingerprint density at radius 1 is 1.29 bits per heavy atom. The number of halogens is 1. The van der Waals surface area contributed by atoms with Crippen LogP contribution in [0.5, 0.6) is 0 Å². The van der Waals surface area contributed by atoms with Crippen LogP contribution < -0.4 is 5.32 Å². The normalized spacial score (nSPS) is 15.1. The summed E-state index contributed by atoms with van der Waals surface area (Å²) in [4.78, 5) is 0. The first-order valence-corrected chi connectivity index (χ1v) is 5.13. The van der Waals surface area contributed by atoms with Gasteiger partial charge in [0.25, 0.3) is 0 Å². The highest BCUT2D eigenvalue weighted by Crippen LogP contribution is 2.16. The third-order valence-electron chi connectivity index (χ3n) is 2.18. The fourth-order valence-corrected chi connectivity index (χ4v) is 1.45. The lowest BCUT2D eigenvalue weighted by atomic mass is 10.1. The smallest absolute Gasteiger partial charge is 0.0582 e. The van der Waals surface area contributed by atoms with Crippen molar-refractivity contribution in [2.75, 3.05) is 6.61 Å². The predicted octanol–water partition coefficient (Wildman–Crippen LogP) is 2.37. The molecular formula is C11H16ClNO. The van der Waals surface area contributed by atoms with Crippen LogP contribution in [-0.4, -0.2) is 17.8 Å². The van der Waals surface area contributed by atoms with Gasteiger partial charge >= 0.3 is 0 Å². The van der Waals surface area contributed by atoms with Crippen molar-refractivity contribution >= 4 is 11.6 Å². The quantitative estimate of drug-likeness (QED) is 0.805. The summed E-state index contributed by atoms with van der Waals surface area (Å²) < 4.78 is 0. The molecule has 2 atom stereocenters. The van der Waals surface area contributed by atoms with Crippen molar-refractivity contribution in [3.05, 3.63) is 34.9 Å². The minimum Gasteiger partial charge on any atom is -0.395 e. The second kappa shape index (κ2) is 5.35. The van der Waals surface area contributed by atoms with Gasteiger partial charge in [-0.25, -0.2) is 0 Å². The highest BCUT2D eigenvalue weighted by atomic mass is 35.5. The van der Waals surface area contributed by atoms with E-state index in [-0.39, 0.29) is 18.7 Å². The van der Waals surface area contributed by atoms with Gasteiger partial charge < -0.3 is 10.4 Å². The zero-order valence-corrected chi connectivity index (χ0v) is 9.25. The summed E-state index contributed by atoms with van der Waals surface area (Å²) in [5, 5.41) is 12.9. The van der Waals surface area contributed by atoms with Crippen LogP contribution in [0.2, 0.25) is 5.02 Å². The Kier molecular flexibility index (Phi) is 4.39. The summed E-state index contributed by atoms with van der Waals surface area (Å²) in [7, 11) is 0. The first-order valence-electron chi connectivity index (χ1n) is 4.76. The summed E-state index contributed by atoms with van der Waals surface area (Å²) in [6.45, 7) is 4.17. The average Bonchev–Trinajstić information content (AvgIpc) is 2.18. The molecule has 0 aromatic heterocycles. The summed E-state index contributed by atoms with van der Waals surface area (Å²) in [6, 6.07) is 8.07. The van der Waals surface area contributed by atoms with E-state index in [1.165, 1.54) is 5.56 Å². The number of rotatable bonds is 4. The summed E-state index contributed by atoms with van der Waals surface area (Å²) >= 11 is 5.79. The molecule has 0 aliphatic heterocycles. The number of hydrogen-bond donors (Lipinski definition) is 2. The predicted molar refractivity (Wildman–Crippen MR) is 59.6 cm³/mol. The van der Waals surface area contributed by atoms with Crippen molar-refractivity contribution in [1.29, 1.82) is 0 Å². The first-order chi connectivity index (χ1) is 6.63. The van der Waals surface area contributed by atoms with Crippen LogP contribution in [0.15, 0.2) is 24.3 Å². The van der Waals surface area contributed by atoms with E-state index < -0.39 is 0 Å². The Morgan fingerprint density at radius 2 is 1.86 bits per heavy atom. The van der Waals surface area contributed by atoms with Crippen LogP contribution in [0.1, 0.15) is 25.5 Å². The van der Waals surface area contributed by atoms with Gasteiger partial charge in [0.1, 0.15) is 0 Å². The molecule has 0 heterocycles. The molecule has 1 aromatic rings. The molecule has 0 aliphatic carbocycles. The van der Waals surface area contributed by atoms with Crippen LogP contribution in [-0.2, 0) is 0 Å². The van der Waals surface area contributed by atoms with E-state index in [4.69, 9.17) is 16.7 Å². The maximum absolute atomic E-state index is 8.89. The SMILES string of the molecule is C[C@@H](CO)N[C@H](C)c1ccc(Cl)cc1. The minimum atomic E-state index is 0.112. The van der Waals surface area contributed by atoms with Gasteiger partial charge in [-0.15, -0.1) is 0 Å². The van der Waals surface area contributed by atoms with E-state index in [9.17, 15) is 0 Å². The molecule has 0 fully saturated rings. The highest BCUT2D eigenvalue weighted by molar-refractivity contribution is 6.30. The summed E-state index contributed by atoms with van der Waals surface area (Å²) in [5.41, 5.74) is 1.18. The molecule has 3 heteroatoms. The van der Waals surface area contributed by atoms with E-state index >= 15 is 0 Å². The fraction of sp³-hybridized carbons (Fsp3) is 0.455. The Hall–Kier alpha value is -0.570. The van der Waals surface area contributed by atoms with Crippen molar-refractivity contribution in [3.8, 4) is 0 Å². The third-order valence-corrected chi connectivity index (χ3v) is 2.43. The van der Waals surface area contributed by atoms with E-state index in [1.807, 2.05) is 31.2 Å². The lowest BCUT2D eigenvalue weighted by molar-refractivity contribution is 0.243. The Bertz CT molecular complexity index is 273. The van der Waals surface area contributed by atoms with Crippen molar-refractivity contribution in [1.82, 2.24) is 5.32 Å². The molecular weight excluding hydrogens is 198 g/mol. The number of aliphatic hydroxyl groups is 1. The Labute approximate surface area is 89.9 Å². The van der Waals surface area contributed by atoms with Gasteiger partial charge in [-0.1, -0.05) is 23.7 Å². The number of nitrogens with one attached hydrogen (secondary N) is 1. The number of benzene rings is 1. The number of aliphatic hydroxyl groups excluding tert-OH is 1. The van der Waals surface area contributed by atoms with E-state index in [0.717, 1.165) is 5.02 Å². The Morgan fingerprint density at radius 3 is 2.36 bits per heavy atom. The Balaban J connectivity index is 2.60. The average molecular weight is 214 g/mol. The summed E-state index contributed by atoms with van der Waals surface area (Å²) in [6.07, 6.45) is 0. The molecule has 0 saturated carbocycles. The molecule has 78 valence electrons. The van der Waals surface area contributed by atoms with Crippen LogP contribution in [0.4, 0.5) is 0 Å². The van der Waals surface area contributed by atoms with Crippen molar-refractivity contribution in [2.45, 2.75) is 25.9 Å². The molecule has 0 unspecified atom stereocenters. The molecule has 0 radical (unpaired) electrons. The molecule has 0 amide bonds. The van der Waals surface area contributed by atoms with Crippen molar-refractivity contribution < 1.29 is 5.11 Å². The fourth-order valence-electron chi connectivity index (χ4n) is 1.33. The third kappa shape index (κ3) is 3.29. The lowest BCUT2D eigenvalue weighted by Crippen LogP contribution is -2.31. The van der Waals surface area contributed by atoms with Gasteiger partial charge in [0, 0.05) is 17.1 Å². The first kappa shape index (κ1) is 11.5. The maximum Gasteiger partial charge on any atom is 0.0582 e. The lowest BCUT2D eigenvalue weighted by Gasteiger charge is -2.18. The molecule has 0 bridgehead atoms. The second-order valence-electron chi connectivity index (χ2n) is 3.52. The largest absolute Gasteiger partial charge is 0.395 e. The monoisotopic (exact) mass is 213 g/mol.